The minimum atomic E-state index is -0.160. The number of aromatic nitrogens is 2. The molecule has 1 amide bonds. The van der Waals surface area contributed by atoms with Crippen LogP contribution in [0, 0.1) is 5.92 Å². The number of fused-ring (bicyclic) bond motifs is 1. The number of carbonyl (C=O) groups excluding carboxylic acids is 1. The monoisotopic (exact) mass is 337 g/mol. The Morgan fingerprint density at radius 2 is 2.00 bits per heavy atom. The van der Waals surface area contributed by atoms with Crippen LogP contribution < -0.4 is 0 Å². The van der Waals surface area contributed by atoms with Gasteiger partial charge >= 0.3 is 0 Å². The Hall–Kier alpha value is -2.10. The van der Waals surface area contributed by atoms with E-state index in [4.69, 9.17) is 0 Å². The molecule has 4 heteroatoms. The topological polar surface area (TPSA) is 38.1 Å². The maximum absolute atomic E-state index is 13.4. The molecule has 3 atom stereocenters. The molecule has 1 fully saturated rings. The van der Waals surface area contributed by atoms with Crippen molar-refractivity contribution < 1.29 is 4.79 Å². The Labute approximate surface area is 149 Å². The average Bonchev–Trinajstić information content (AvgIpc) is 3.16. The number of aryl methyl sites for hydroxylation is 1. The fourth-order valence-corrected chi connectivity index (χ4v) is 4.97. The first kappa shape index (κ1) is 16.4. The number of rotatable bonds is 2. The van der Waals surface area contributed by atoms with E-state index in [0.717, 1.165) is 31.6 Å². The fraction of sp³-hybridized carbons (Fsp3) is 0.524. The highest BCUT2D eigenvalue weighted by molar-refractivity contribution is 5.80. The van der Waals surface area contributed by atoms with Gasteiger partial charge in [0, 0.05) is 42.9 Å². The van der Waals surface area contributed by atoms with Gasteiger partial charge in [0.25, 0.3) is 0 Å². The van der Waals surface area contributed by atoms with Gasteiger partial charge in [0.2, 0.25) is 5.91 Å². The molecule has 0 bridgehead atoms. The Bertz CT molecular complexity index is 764. The summed E-state index contributed by atoms with van der Waals surface area (Å²) in [4.78, 5) is 20.0. The van der Waals surface area contributed by atoms with Gasteiger partial charge < -0.3 is 9.47 Å². The molecule has 0 radical (unpaired) electrons. The molecule has 0 N–H and O–H groups in total. The molecule has 0 spiro atoms. The van der Waals surface area contributed by atoms with Crippen LogP contribution in [-0.2, 0) is 17.8 Å². The van der Waals surface area contributed by atoms with Gasteiger partial charge in [-0.3, -0.25) is 4.79 Å². The number of carbonyl (C=O) groups is 1. The summed E-state index contributed by atoms with van der Waals surface area (Å²) in [6.07, 6.45) is 6.68. The Balaban J connectivity index is 1.58. The molecule has 4 nitrogen and oxygen atoms in total. The van der Waals surface area contributed by atoms with Crippen molar-refractivity contribution in [3.8, 4) is 0 Å². The van der Waals surface area contributed by atoms with Crippen LogP contribution in [0.2, 0.25) is 0 Å². The Kier molecular flexibility index (Phi) is 3.94. The SMILES string of the molecule is C[C@@H]1C[C@H](c2ccccc2)C(C)(C)N1C(=O)C1CCc2nccn2C1. The number of nitrogens with zero attached hydrogens (tertiary/aromatic N) is 3. The second-order valence-electron chi connectivity index (χ2n) is 8.14. The minimum absolute atomic E-state index is 0.0675. The van der Waals surface area contributed by atoms with Gasteiger partial charge in [-0.05, 0) is 39.2 Å². The van der Waals surface area contributed by atoms with Crippen LogP contribution in [0.5, 0.6) is 0 Å². The third-order valence-electron chi connectivity index (χ3n) is 6.22. The maximum Gasteiger partial charge on any atom is 0.228 e. The van der Waals surface area contributed by atoms with Crippen molar-refractivity contribution in [3.63, 3.8) is 0 Å². The molecule has 3 heterocycles. The van der Waals surface area contributed by atoms with Crippen LogP contribution in [0.25, 0.3) is 0 Å². The van der Waals surface area contributed by atoms with E-state index in [9.17, 15) is 4.79 Å². The van der Waals surface area contributed by atoms with Crippen molar-refractivity contribution in [2.45, 2.75) is 64.1 Å². The predicted molar refractivity (Wildman–Crippen MR) is 98.2 cm³/mol. The van der Waals surface area contributed by atoms with E-state index in [0.29, 0.717) is 11.8 Å². The van der Waals surface area contributed by atoms with Crippen molar-refractivity contribution in [2.75, 3.05) is 0 Å². The molecule has 2 aliphatic heterocycles. The number of likely N-dealkylation sites (tertiary alicyclic amines) is 1. The zero-order valence-electron chi connectivity index (χ0n) is 15.4. The van der Waals surface area contributed by atoms with Gasteiger partial charge in [0.05, 0.1) is 5.92 Å². The van der Waals surface area contributed by atoms with Crippen LogP contribution >= 0.6 is 0 Å². The lowest BCUT2D eigenvalue weighted by Gasteiger charge is -2.40. The summed E-state index contributed by atoms with van der Waals surface area (Å²) in [6.45, 7) is 7.44. The van der Waals surface area contributed by atoms with Crippen molar-refractivity contribution >= 4 is 5.91 Å². The first-order chi connectivity index (χ1) is 12.0. The molecule has 1 aromatic carbocycles. The fourth-order valence-electron chi connectivity index (χ4n) is 4.97. The van der Waals surface area contributed by atoms with Gasteiger partial charge in [0.15, 0.2) is 0 Å². The highest BCUT2D eigenvalue weighted by atomic mass is 16.2. The summed E-state index contributed by atoms with van der Waals surface area (Å²) in [5.41, 5.74) is 1.18. The van der Waals surface area contributed by atoms with Crippen molar-refractivity contribution in [2.24, 2.45) is 5.92 Å². The predicted octanol–water partition coefficient (Wildman–Crippen LogP) is 3.63. The molecule has 1 saturated heterocycles. The molecule has 2 aromatic rings. The molecule has 1 aromatic heterocycles. The lowest BCUT2D eigenvalue weighted by Crippen LogP contribution is -2.51. The molecule has 2 aliphatic rings. The van der Waals surface area contributed by atoms with Crippen LogP contribution in [0.3, 0.4) is 0 Å². The van der Waals surface area contributed by atoms with Gasteiger partial charge in [0.1, 0.15) is 5.82 Å². The summed E-state index contributed by atoms with van der Waals surface area (Å²) < 4.78 is 2.15. The first-order valence-corrected chi connectivity index (χ1v) is 9.36. The second kappa shape index (κ2) is 6.01. The van der Waals surface area contributed by atoms with E-state index in [1.54, 1.807) is 0 Å². The standard InChI is InChI=1S/C21H27N3O/c1-15-13-18(16-7-5-4-6-8-16)21(2,3)24(15)20(25)17-9-10-19-22-11-12-23(19)14-17/h4-8,11-12,15,17-18H,9-10,13-14H2,1-3H3/t15-,17?,18-/m1/s1. The van der Waals surface area contributed by atoms with Gasteiger partial charge in [-0.25, -0.2) is 4.98 Å². The Morgan fingerprint density at radius 1 is 1.24 bits per heavy atom. The molecule has 25 heavy (non-hydrogen) atoms. The van der Waals surface area contributed by atoms with E-state index in [-0.39, 0.29) is 17.5 Å². The largest absolute Gasteiger partial charge is 0.334 e. The third kappa shape index (κ3) is 2.68. The van der Waals surface area contributed by atoms with E-state index in [1.165, 1.54) is 5.56 Å². The Morgan fingerprint density at radius 3 is 2.76 bits per heavy atom. The summed E-state index contributed by atoms with van der Waals surface area (Å²) in [6, 6.07) is 10.9. The van der Waals surface area contributed by atoms with Gasteiger partial charge in [-0.2, -0.15) is 0 Å². The quantitative estimate of drug-likeness (QED) is 0.839. The molecular weight excluding hydrogens is 310 g/mol. The van der Waals surface area contributed by atoms with E-state index in [1.807, 2.05) is 12.4 Å². The summed E-state index contributed by atoms with van der Waals surface area (Å²) >= 11 is 0. The van der Waals surface area contributed by atoms with E-state index in [2.05, 4.69) is 65.6 Å². The zero-order valence-corrected chi connectivity index (χ0v) is 15.4. The summed E-state index contributed by atoms with van der Waals surface area (Å²) in [5, 5.41) is 0. The smallest absolute Gasteiger partial charge is 0.228 e. The second-order valence-corrected chi connectivity index (χ2v) is 8.14. The molecule has 0 aliphatic carbocycles. The summed E-state index contributed by atoms with van der Waals surface area (Å²) in [5.74, 6) is 1.88. The third-order valence-corrected chi connectivity index (χ3v) is 6.22. The maximum atomic E-state index is 13.4. The molecule has 1 unspecified atom stereocenters. The van der Waals surface area contributed by atoms with Crippen molar-refractivity contribution in [3.05, 3.63) is 54.1 Å². The molecule has 132 valence electrons. The first-order valence-electron chi connectivity index (χ1n) is 9.36. The summed E-state index contributed by atoms with van der Waals surface area (Å²) in [7, 11) is 0. The van der Waals surface area contributed by atoms with Gasteiger partial charge in [-0.15, -0.1) is 0 Å². The number of imidazole rings is 1. The molecule has 4 rings (SSSR count). The average molecular weight is 337 g/mol. The highest BCUT2D eigenvalue weighted by Gasteiger charge is 2.49. The molecule has 0 saturated carbocycles. The number of hydrogen-bond donors (Lipinski definition) is 0. The highest BCUT2D eigenvalue weighted by Crippen LogP contribution is 2.46. The van der Waals surface area contributed by atoms with Crippen LogP contribution in [0.1, 0.15) is 50.9 Å². The van der Waals surface area contributed by atoms with Crippen LogP contribution in [0.4, 0.5) is 0 Å². The van der Waals surface area contributed by atoms with E-state index >= 15 is 0 Å². The van der Waals surface area contributed by atoms with Crippen molar-refractivity contribution in [1.29, 1.82) is 0 Å². The normalized spacial score (nSPS) is 28.0. The zero-order chi connectivity index (χ0) is 17.6. The van der Waals surface area contributed by atoms with Crippen LogP contribution in [-0.4, -0.2) is 31.9 Å². The van der Waals surface area contributed by atoms with Crippen molar-refractivity contribution in [1.82, 2.24) is 14.5 Å². The molecular formula is C21H27N3O. The minimum Gasteiger partial charge on any atom is -0.334 e. The van der Waals surface area contributed by atoms with E-state index < -0.39 is 0 Å². The number of hydrogen-bond acceptors (Lipinski definition) is 2. The lowest BCUT2D eigenvalue weighted by molar-refractivity contribution is -0.142. The van der Waals surface area contributed by atoms with Crippen LogP contribution in [0.15, 0.2) is 42.7 Å². The number of benzene rings is 1. The lowest BCUT2D eigenvalue weighted by atomic mass is 9.82. The number of amides is 1. The van der Waals surface area contributed by atoms with Gasteiger partial charge in [-0.1, -0.05) is 30.3 Å².